The van der Waals surface area contributed by atoms with Gasteiger partial charge in [0, 0.05) is 13.5 Å². The van der Waals surface area contributed by atoms with Crippen molar-refractivity contribution in [3.05, 3.63) is 0 Å². The first kappa shape index (κ1) is 22.8. The van der Waals surface area contributed by atoms with Crippen LogP contribution < -0.4 is 0 Å². The Hall–Kier alpha value is -0.370. The van der Waals surface area contributed by atoms with E-state index in [0.29, 0.717) is 17.1 Å². The summed E-state index contributed by atoms with van der Waals surface area (Å²) >= 11 is 0. The molecule has 0 aliphatic heterocycles. The Labute approximate surface area is 186 Å². The van der Waals surface area contributed by atoms with Crippen LogP contribution in [0.4, 0.5) is 0 Å². The van der Waals surface area contributed by atoms with Gasteiger partial charge in [0.05, 0.1) is 0 Å². The summed E-state index contributed by atoms with van der Waals surface area (Å²) in [5.41, 5.74) is 0.784. The summed E-state index contributed by atoms with van der Waals surface area (Å²) < 4.78 is 5.56. The van der Waals surface area contributed by atoms with Crippen LogP contribution in [0.3, 0.4) is 0 Å². The molecule has 4 saturated carbocycles. The van der Waals surface area contributed by atoms with E-state index in [0.717, 1.165) is 48.3 Å². The minimum absolute atomic E-state index is 0.129. The van der Waals surface area contributed by atoms with Gasteiger partial charge in [-0.3, -0.25) is 4.79 Å². The predicted molar refractivity (Wildman–Crippen MR) is 124 cm³/mol. The van der Waals surface area contributed by atoms with Gasteiger partial charge in [-0.1, -0.05) is 53.9 Å². The number of rotatable bonds is 6. The maximum absolute atomic E-state index is 12.8. The molecule has 2 unspecified atom stereocenters. The molecule has 4 fully saturated rings. The molecule has 0 aromatic heterocycles. The van der Waals surface area contributed by atoms with Crippen molar-refractivity contribution in [1.29, 1.82) is 0 Å². The van der Waals surface area contributed by atoms with Gasteiger partial charge in [-0.25, -0.2) is 0 Å². The zero-order valence-electron chi connectivity index (χ0n) is 20.7. The van der Waals surface area contributed by atoms with Gasteiger partial charge in [-0.05, 0) is 97.2 Å². The van der Waals surface area contributed by atoms with Crippen LogP contribution in [0.5, 0.6) is 0 Å². The van der Waals surface area contributed by atoms with Gasteiger partial charge >= 0.3 is 0 Å². The summed E-state index contributed by atoms with van der Waals surface area (Å²) in [4.78, 5) is 12.8. The normalized spacial score (nSPS) is 47.0. The van der Waals surface area contributed by atoms with Gasteiger partial charge in [0.1, 0.15) is 6.10 Å². The second-order valence-corrected chi connectivity index (χ2v) is 12.8. The van der Waals surface area contributed by atoms with Gasteiger partial charge in [-0.2, -0.15) is 0 Å². The Balaban J connectivity index is 1.48. The highest BCUT2D eigenvalue weighted by Crippen LogP contribution is 2.68. The first-order chi connectivity index (χ1) is 14.2. The molecule has 0 radical (unpaired) electrons. The molecule has 9 atom stereocenters. The van der Waals surface area contributed by atoms with Crippen LogP contribution in [0, 0.1) is 52.3 Å². The fourth-order valence-electron chi connectivity index (χ4n) is 9.33. The van der Waals surface area contributed by atoms with E-state index in [4.69, 9.17) is 4.74 Å². The van der Waals surface area contributed by atoms with Crippen LogP contribution in [0.1, 0.15) is 105 Å². The van der Waals surface area contributed by atoms with Crippen molar-refractivity contribution in [2.24, 2.45) is 52.3 Å². The van der Waals surface area contributed by atoms with Crippen molar-refractivity contribution >= 4 is 5.78 Å². The molecule has 4 aliphatic rings. The van der Waals surface area contributed by atoms with E-state index in [1.54, 1.807) is 7.11 Å². The Morgan fingerprint density at radius 2 is 1.70 bits per heavy atom. The lowest BCUT2D eigenvalue weighted by atomic mass is 9.44. The Kier molecular flexibility index (Phi) is 6.48. The summed E-state index contributed by atoms with van der Waals surface area (Å²) in [7, 11) is 1.73. The lowest BCUT2D eigenvalue weighted by Gasteiger charge is -2.61. The average molecular weight is 417 g/mol. The number of ketones is 1. The maximum Gasteiger partial charge on any atom is 0.162 e. The minimum atomic E-state index is -0.129. The number of methoxy groups -OCH3 is 1. The lowest BCUT2D eigenvalue weighted by Crippen LogP contribution is -2.56. The van der Waals surface area contributed by atoms with E-state index < -0.39 is 0 Å². The highest BCUT2D eigenvalue weighted by molar-refractivity contribution is 5.84. The summed E-state index contributed by atoms with van der Waals surface area (Å²) in [5.74, 6) is 6.25. The molecule has 2 heteroatoms. The lowest BCUT2D eigenvalue weighted by molar-refractivity contribution is -0.158. The monoisotopic (exact) mass is 416 g/mol. The van der Waals surface area contributed by atoms with E-state index in [1.807, 2.05) is 0 Å². The number of carbonyl (C=O) groups is 1. The van der Waals surface area contributed by atoms with Crippen molar-refractivity contribution in [1.82, 2.24) is 0 Å². The quantitative estimate of drug-likeness (QED) is 0.454. The first-order valence-electron chi connectivity index (χ1n) is 13.3. The molecular weight excluding hydrogens is 368 g/mol. The Morgan fingerprint density at radius 3 is 2.40 bits per heavy atom. The third kappa shape index (κ3) is 3.71. The molecule has 30 heavy (non-hydrogen) atoms. The van der Waals surface area contributed by atoms with Gasteiger partial charge in [0.15, 0.2) is 5.78 Å². The van der Waals surface area contributed by atoms with Gasteiger partial charge in [0.2, 0.25) is 0 Å². The van der Waals surface area contributed by atoms with Crippen LogP contribution >= 0.6 is 0 Å². The number of carbonyl (C=O) groups excluding carboxylic acids is 1. The van der Waals surface area contributed by atoms with Gasteiger partial charge in [-0.15, -0.1) is 0 Å². The molecular formula is C28H48O2. The second-order valence-electron chi connectivity index (χ2n) is 12.8. The molecule has 0 aromatic rings. The van der Waals surface area contributed by atoms with Crippen molar-refractivity contribution in [2.45, 2.75) is 111 Å². The van der Waals surface area contributed by atoms with E-state index >= 15 is 0 Å². The third-order valence-electron chi connectivity index (χ3n) is 11.0. The zero-order valence-corrected chi connectivity index (χ0v) is 20.7. The molecule has 0 bridgehead atoms. The number of hydrogen-bond donors (Lipinski definition) is 0. The number of Topliss-reactive ketones (excluding diaryl/α,β-unsaturated/α-hetero) is 1. The van der Waals surface area contributed by atoms with Crippen molar-refractivity contribution in [2.75, 3.05) is 7.11 Å². The van der Waals surface area contributed by atoms with Crippen LogP contribution in [0.25, 0.3) is 0 Å². The predicted octanol–water partition coefficient (Wildman–Crippen LogP) is 7.30. The van der Waals surface area contributed by atoms with Gasteiger partial charge in [0.25, 0.3) is 0 Å². The number of hydrogen-bond acceptors (Lipinski definition) is 2. The van der Waals surface area contributed by atoms with E-state index in [9.17, 15) is 4.79 Å². The van der Waals surface area contributed by atoms with E-state index in [2.05, 4.69) is 34.6 Å². The Bertz CT molecular complexity index is 626. The summed E-state index contributed by atoms with van der Waals surface area (Å²) in [6, 6.07) is 0. The first-order valence-corrected chi connectivity index (χ1v) is 13.3. The van der Waals surface area contributed by atoms with Crippen LogP contribution in [-0.2, 0) is 9.53 Å². The molecule has 0 heterocycles. The fourth-order valence-corrected chi connectivity index (χ4v) is 9.33. The minimum Gasteiger partial charge on any atom is -0.374 e. The van der Waals surface area contributed by atoms with Crippen LogP contribution in [0.15, 0.2) is 0 Å². The molecule has 0 saturated heterocycles. The molecule has 0 N–H and O–H groups in total. The topological polar surface area (TPSA) is 26.3 Å². The van der Waals surface area contributed by atoms with Crippen molar-refractivity contribution < 1.29 is 9.53 Å². The maximum atomic E-state index is 12.8. The molecule has 4 aliphatic carbocycles. The standard InChI is InChI=1S/C28H48O2/c1-18(2)8-7-9-19(3)22-12-13-23-21-11-10-20-16-26(30-6)25(29)17-28(20,5)24(21)14-15-27(22,23)4/h18-24,26H,7-17H2,1-6H3/t19-,20?,21+,22-,23+,24+,26?,27-,28+/m1/s1. The molecule has 0 spiro atoms. The Morgan fingerprint density at radius 1 is 0.967 bits per heavy atom. The van der Waals surface area contributed by atoms with Crippen LogP contribution in [-0.4, -0.2) is 19.0 Å². The third-order valence-corrected chi connectivity index (χ3v) is 11.0. The van der Waals surface area contributed by atoms with Crippen molar-refractivity contribution in [3.63, 3.8) is 0 Å². The molecule has 172 valence electrons. The molecule has 0 aromatic carbocycles. The second kappa shape index (κ2) is 8.53. The fraction of sp³-hybridized carbons (Fsp3) is 0.964. The van der Waals surface area contributed by atoms with Gasteiger partial charge < -0.3 is 4.74 Å². The van der Waals surface area contributed by atoms with Crippen LogP contribution in [0.2, 0.25) is 0 Å². The number of fused-ring (bicyclic) bond motifs is 5. The molecule has 2 nitrogen and oxygen atoms in total. The highest BCUT2D eigenvalue weighted by Gasteiger charge is 2.61. The SMILES string of the molecule is COC1CC2CC[C@H]3[C@@H]4CC[C@H]([C@H](C)CCCC(C)C)[C@@]4(C)CC[C@@H]3[C@@]2(C)CC1=O. The molecule has 0 amide bonds. The average Bonchev–Trinajstić information content (AvgIpc) is 3.04. The summed E-state index contributed by atoms with van der Waals surface area (Å²) in [6.07, 6.45) is 14.3. The summed E-state index contributed by atoms with van der Waals surface area (Å²) in [5, 5.41) is 0. The zero-order chi connectivity index (χ0) is 21.7. The summed E-state index contributed by atoms with van der Waals surface area (Å²) in [6.45, 7) is 12.4. The smallest absolute Gasteiger partial charge is 0.162 e. The molecule has 4 rings (SSSR count). The van der Waals surface area contributed by atoms with E-state index in [1.165, 1.54) is 57.8 Å². The number of ether oxygens (including phenoxy) is 1. The largest absolute Gasteiger partial charge is 0.374 e. The highest BCUT2D eigenvalue weighted by atomic mass is 16.5. The van der Waals surface area contributed by atoms with Crippen molar-refractivity contribution in [3.8, 4) is 0 Å². The van der Waals surface area contributed by atoms with E-state index in [-0.39, 0.29) is 11.5 Å².